The summed E-state index contributed by atoms with van der Waals surface area (Å²) in [6, 6.07) is 15.0. The third-order valence-corrected chi connectivity index (χ3v) is 6.63. The average molecular weight is 412 g/mol. The molecular weight excluding hydrogens is 388 g/mol. The van der Waals surface area contributed by atoms with Gasteiger partial charge >= 0.3 is 0 Å². The highest BCUT2D eigenvalue weighted by Gasteiger charge is 2.35. The monoisotopic (exact) mass is 412 g/mol. The van der Waals surface area contributed by atoms with Gasteiger partial charge in [-0.05, 0) is 38.2 Å². The van der Waals surface area contributed by atoms with Crippen LogP contribution in [-0.2, 0) is 11.3 Å². The van der Waals surface area contributed by atoms with Crippen LogP contribution < -0.4 is 4.90 Å². The maximum Gasteiger partial charge on any atom is 0.227 e. The molecule has 1 saturated heterocycles. The van der Waals surface area contributed by atoms with Crippen LogP contribution >= 0.6 is 0 Å². The molecule has 0 amide bonds. The maximum atomic E-state index is 8.49. The first-order valence-corrected chi connectivity index (χ1v) is 10.7. The molecule has 156 valence electrons. The molecule has 4 heterocycles. The van der Waals surface area contributed by atoms with Gasteiger partial charge in [-0.2, -0.15) is 0 Å². The average Bonchev–Trinajstić information content (AvgIpc) is 3.50. The highest BCUT2D eigenvalue weighted by molar-refractivity contribution is 6.22. The van der Waals surface area contributed by atoms with Gasteiger partial charge in [-0.15, -0.1) is 0 Å². The van der Waals surface area contributed by atoms with Crippen LogP contribution in [0, 0.1) is 5.41 Å². The van der Waals surface area contributed by atoms with E-state index in [4.69, 9.17) is 14.6 Å². The van der Waals surface area contributed by atoms with Crippen molar-refractivity contribution in [3.05, 3.63) is 59.8 Å². The number of nitrogens with one attached hydrogen (secondary N) is 1. The summed E-state index contributed by atoms with van der Waals surface area (Å²) < 4.78 is 12.0. The van der Waals surface area contributed by atoms with E-state index in [-0.39, 0.29) is 5.90 Å². The molecule has 0 saturated carbocycles. The molecule has 2 aliphatic rings. The van der Waals surface area contributed by atoms with E-state index >= 15 is 0 Å². The number of furan rings is 1. The molecule has 6 rings (SSSR count). The van der Waals surface area contributed by atoms with Crippen molar-refractivity contribution in [3.63, 3.8) is 0 Å². The molecule has 6 heteroatoms. The van der Waals surface area contributed by atoms with Gasteiger partial charge in [0.05, 0.1) is 22.0 Å². The van der Waals surface area contributed by atoms with Crippen molar-refractivity contribution in [2.75, 3.05) is 32.1 Å². The van der Waals surface area contributed by atoms with Gasteiger partial charge in [0, 0.05) is 36.5 Å². The number of pyridine rings is 1. The summed E-state index contributed by atoms with van der Waals surface area (Å²) in [4.78, 5) is 9.27. The normalized spacial score (nSPS) is 18.4. The molecule has 4 aromatic rings. The molecular formula is C25H24N4O2. The van der Waals surface area contributed by atoms with Gasteiger partial charge in [0.1, 0.15) is 6.61 Å². The number of nitrogens with zero attached hydrogens (tertiary/aromatic N) is 3. The fraction of sp³-hybridized carbons (Fsp3) is 0.280. The minimum atomic E-state index is 0.176. The van der Waals surface area contributed by atoms with Crippen LogP contribution in [0.4, 0.5) is 5.69 Å². The third kappa shape index (κ3) is 2.68. The number of anilines is 1. The molecule has 1 fully saturated rings. The second-order valence-corrected chi connectivity index (χ2v) is 8.58. The lowest BCUT2D eigenvalue weighted by molar-refractivity contribution is 0.310. The van der Waals surface area contributed by atoms with Crippen molar-refractivity contribution in [2.24, 2.45) is 0 Å². The summed E-state index contributed by atoms with van der Waals surface area (Å²) in [5.41, 5.74) is 6.58. The molecule has 2 aromatic heterocycles. The first-order chi connectivity index (χ1) is 15.1. The Morgan fingerprint density at radius 2 is 1.94 bits per heavy atom. The largest absolute Gasteiger partial charge is 0.473 e. The van der Waals surface area contributed by atoms with E-state index in [0.717, 1.165) is 52.5 Å². The lowest BCUT2D eigenvalue weighted by Gasteiger charge is -2.26. The minimum Gasteiger partial charge on any atom is -0.473 e. The highest BCUT2D eigenvalue weighted by atomic mass is 16.5. The standard InChI is InChI=1S/C25H24N4O2/c1-28(2)16-10-12-29(13-16)22-19(15-7-4-3-5-8-15)18-14-30-24(26)21(18)23-20(22)17-9-6-11-27-25(17)31-23/h3-9,11,16,26H,10,12-14H2,1-2H3/t16-/m0/s1. The number of aromatic nitrogens is 1. The van der Waals surface area contributed by atoms with Gasteiger partial charge in [0.15, 0.2) is 5.58 Å². The summed E-state index contributed by atoms with van der Waals surface area (Å²) in [5.74, 6) is 0.176. The second kappa shape index (κ2) is 6.82. The Labute approximate surface area is 180 Å². The van der Waals surface area contributed by atoms with Crippen LogP contribution in [0.2, 0.25) is 0 Å². The van der Waals surface area contributed by atoms with Crippen molar-refractivity contribution in [1.82, 2.24) is 9.88 Å². The van der Waals surface area contributed by atoms with Crippen molar-refractivity contribution in [3.8, 4) is 11.1 Å². The van der Waals surface area contributed by atoms with Crippen LogP contribution in [0.25, 0.3) is 33.2 Å². The summed E-state index contributed by atoms with van der Waals surface area (Å²) in [6.45, 7) is 2.31. The number of rotatable bonds is 3. The molecule has 2 aromatic carbocycles. The van der Waals surface area contributed by atoms with Crippen LogP contribution in [0.5, 0.6) is 0 Å². The Balaban J connectivity index is 1.75. The third-order valence-electron chi connectivity index (χ3n) is 6.63. The van der Waals surface area contributed by atoms with Crippen LogP contribution in [0.1, 0.15) is 17.5 Å². The highest BCUT2D eigenvalue weighted by Crippen LogP contribution is 2.49. The first kappa shape index (κ1) is 18.4. The molecule has 1 atom stereocenters. The van der Waals surface area contributed by atoms with E-state index in [9.17, 15) is 0 Å². The van der Waals surface area contributed by atoms with Crippen molar-refractivity contribution >= 4 is 33.7 Å². The van der Waals surface area contributed by atoms with E-state index < -0.39 is 0 Å². The molecule has 6 nitrogen and oxygen atoms in total. The van der Waals surface area contributed by atoms with Crippen molar-refractivity contribution in [2.45, 2.75) is 19.1 Å². The number of ether oxygens (including phenoxy) is 1. The van der Waals surface area contributed by atoms with Gasteiger partial charge in [-0.1, -0.05) is 30.3 Å². The summed E-state index contributed by atoms with van der Waals surface area (Å²) >= 11 is 0. The lowest BCUT2D eigenvalue weighted by atomic mass is 9.91. The lowest BCUT2D eigenvalue weighted by Crippen LogP contribution is -2.31. The molecule has 0 radical (unpaired) electrons. The molecule has 0 aliphatic carbocycles. The zero-order valence-corrected chi connectivity index (χ0v) is 17.7. The number of benzene rings is 2. The number of likely N-dealkylation sites (N-methyl/N-ethyl adjacent to an activating group) is 1. The van der Waals surface area contributed by atoms with Crippen LogP contribution in [-0.4, -0.2) is 49.0 Å². The zero-order valence-electron chi connectivity index (χ0n) is 17.7. The Hall–Kier alpha value is -3.38. The number of hydrogen-bond donors (Lipinski definition) is 1. The molecule has 0 unspecified atom stereocenters. The zero-order chi connectivity index (χ0) is 21.1. The van der Waals surface area contributed by atoms with Gasteiger partial charge in [0.2, 0.25) is 11.6 Å². The Bertz CT molecular complexity index is 1330. The molecule has 0 bridgehead atoms. The molecule has 0 spiro atoms. The van der Waals surface area contributed by atoms with E-state index in [1.54, 1.807) is 6.20 Å². The maximum absolute atomic E-state index is 8.49. The van der Waals surface area contributed by atoms with Gasteiger partial charge < -0.3 is 19.0 Å². The van der Waals surface area contributed by atoms with Gasteiger partial charge in [-0.3, -0.25) is 5.41 Å². The smallest absolute Gasteiger partial charge is 0.227 e. The van der Waals surface area contributed by atoms with Crippen LogP contribution in [0.3, 0.4) is 0 Å². The minimum absolute atomic E-state index is 0.176. The number of fused-ring (bicyclic) bond motifs is 5. The van der Waals surface area contributed by atoms with Gasteiger partial charge in [0.25, 0.3) is 0 Å². The Morgan fingerprint density at radius 3 is 2.71 bits per heavy atom. The SMILES string of the molecule is CN(C)[C@H]1CCN(c2c(-c3ccccc3)c3c(c4oc5ncccc5c24)C(=N)OC3)C1. The fourth-order valence-electron chi connectivity index (χ4n) is 5.07. The van der Waals surface area contributed by atoms with E-state index in [0.29, 0.717) is 23.9 Å². The van der Waals surface area contributed by atoms with E-state index in [2.05, 4.69) is 59.2 Å². The Morgan fingerprint density at radius 1 is 1.10 bits per heavy atom. The van der Waals surface area contributed by atoms with E-state index in [1.807, 2.05) is 12.1 Å². The topological polar surface area (TPSA) is 65.6 Å². The van der Waals surface area contributed by atoms with E-state index in [1.165, 1.54) is 5.69 Å². The fourth-order valence-corrected chi connectivity index (χ4v) is 5.07. The van der Waals surface area contributed by atoms with Gasteiger partial charge in [-0.25, -0.2) is 4.98 Å². The molecule has 1 N–H and O–H groups in total. The molecule has 31 heavy (non-hydrogen) atoms. The predicted molar refractivity (Wildman–Crippen MR) is 123 cm³/mol. The summed E-state index contributed by atoms with van der Waals surface area (Å²) in [7, 11) is 4.30. The quantitative estimate of drug-likeness (QED) is 0.531. The van der Waals surface area contributed by atoms with Crippen LogP contribution in [0.15, 0.2) is 53.1 Å². The molecule has 2 aliphatic heterocycles. The van der Waals surface area contributed by atoms with Crippen molar-refractivity contribution < 1.29 is 9.15 Å². The number of hydrogen-bond acceptors (Lipinski definition) is 6. The predicted octanol–water partition coefficient (Wildman–Crippen LogP) is 4.64. The first-order valence-electron chi connectivity index (χ1n) is 10.7. The van der Waals surface area contributed by atoms with Crippen molar-refractivity contribution in [1.29, 1.82) is 5.41 Å². The Kier molecular flexibility index (Phi) is 4.05. The second-order valence-electron chi connectivity index (χ2n) is 8.58. The summed E-state index contributed by atoms with van der Waals surface area (Å²) in [5, 5.41) is 10.5. The summed E-state index contributed by atoms with van der Waals surface area (Å²) in [6.07, 6.45) is 2.86.